The Bertz CT molecular complexity index is 621. The molecule has 11 heteroatoms. The zero-order chi connectivity index (χ0) is 18.1. The van der Waals surface area contributed by atoms with Gasteiger partial charge in [0.05, 0.1) is 0 Å². The average Bonchev–Trinajstić information content (AvgIpc) is 2.50. The van der Waals surface area contributed by atoms with Crippen LogP contribution in [0.4, 0.5) is 0 Å². The number of ether oxygens (including phenoxy) is 1. The number of guanidine groups is 1. The fourth-order valence-electron chi connectivity index (χ4n) is 1.77. The summed E-state index contributed by atoms with van der Waals surface area (Å²) in [4.78, 5) is 22.9. The zero-order valence-electron chi connectivity index (χ0n) is 12.7. The molecule has 0 spiro atoms. The van der Waals surface area contributed by atoms with E-state index in [0.29, 0.717) is 18.5 Å². The minimum atomic E-state index is -1.14. The van der Waals surface area contributed by atoms with Gasteiger partial charge in [0.1, 0.15) is 10.7 Å². The number of benzene rings is 1. The second kappa shape index (κ2) is 9.25. The molecule has 1 atom stereocenters. The molecule has 0 heterocycles. The Hall–Kier alpha value is -2.95. The Morgan fingerprint density at radius 2 is 2.00 bits per heavy atom. The van der Waals surface area contributed by atoms with E-state index in [-0.39, 0.29) is 23.1 Å². The maximum Gasteiger partial charge on any atom is 0.339 e. The first-order valence-electron chi connectivity index (χ1n) is 6.89. The second-order valence-electron chi connectivity index (χ2n) is 4.73. The highest BCUT2D eigenvalue weighted by molar-refractivity contribution is 7.80. The molecule has 0 amide bonds. The van der Waals surface area contributed by atoms with E-state index in [1.807, 2.05) is 5.43 Å². The van der Waals surface area contributed by atoms with Crippen LogP contribution in [0.1, 0.15) is 18.4 Å². The van der Waals surface area contributed by atoms with Gasteiger partial charge in [0.25, 0.3) is 0 Å². The summed E-state index contributed by atoms with van der Waals surface area (Å²) in [7, 11) is 0. The topological polar surface area (TPSA) is 169 Å². The number of nitrogens with zero attached hydrogens (tertiary/aromatic N) is 1. The highest BCUT2D eigenvalue weighted by Gasteiger charge is 2.24. The molecular weight excluding hydrogens is 336 g/mol. The van der Waals surface area contributed by atoms with Crippen molar-refractivity contribution in [2.24, 2.45) is 11.5 Å². The Labute approximate surface area is 143 Å². The monoisotopic (exact) mass is 354 g/mol. The molecule has 1 rings (SSSR count). The van der Waals surface area contributed by atoms with E-state index in [2.05, 4.69) is 5.32 Å². The maximum absolute atomic E-state index is 12.1. The molecule has 0 saturated carbocycles. The van der Waals surface area contributed by atoms with E-state index in [1.165, 1.54) is 12.1 Å². The molecular formula is C13H18N6O4S. The molecule has 24 heavy (non-hydrogen) atoms. The summed E-state index contributed by atoms with van der Waals surface area (Å²) in [6.07, 6.45) is 0.506. The summed E-state index contributed by atoms with van der Waals surface area (Å²) in [5, 5.41) is 19.4. The predicted molar refractivity (Wildman–Crippen MR) is 91.0 cm³/mol. The molecule has 0 aliphatic heterocycles. The minimum Gasteiger partial charge on any atom is -0.425 e. The molecule has 0 unspecified atom stereocenters. The summed E-state index contributed by atoms with van der Waals surface area (Å²) in [6.45, 7) is 0.307. The number of carbonyl (C=O) groups excluding carboxylic acids is 1. The van der Waals surface area contributed by atoms with Gasteiger partial charge in [0.15, 0.2) is 17.0 Å². The van der Waals surface area contributed by atoms with Gasteiger partial charge in [-0.05, 0) is 37.1 Å². The van der Waals surface area contributed by atoms with Crippen LogP contribution in [-0.2, 0) is 4.79 Å². The number of nitrogens with one attached hydrogen (secondary N) is 3. The van der Waals surface area contributed by atoms with Crippen molar-refractivity contribution < 1.29 is 14.6 Å². The Morgan fingerprint density at radius 3 is 2.50 bits per heavy atom. The first kappa shape index (κ1) is 19.1. The molecule has 0 aliphatic rings. The van der Waals surface area contributed by atoms with Crippen molar-refractivity contribution in [3.05, 3.63) is 39.9 Å². The van der Waals surface area contributed by atoms with Gasteiger partial charge < -0.3 is 21.5 Å². The van der Waals surface area contributed by atoms with Crippen LogP contribution in [-0.4, -0.2) is 34.5 Å². The van der Waals surface area contributed by atoms with Crippen molar-refractivity contribution >= 4 is 29.1 Å². The van der Waals surface area contributed by atoms with Crippen molar-refractivity contribution in [1.29, 1.82) is 5.41 Å². The molecule has 10 nitrogen and oxygen atoms in total. The Morgan fingerprint density at radius 1 is 1.38 bits per heavy atom. The number of rotatable bonds is 9. The lowest BCUT2D eigenvalue weighted by atomic mass is 10.1. The highest BCUT2D eigenvalue weighted by atomic mass is 32.1. The SMILES string of the molecule is N=C(N)NCCC[C@H](N[N+](=O)[O-])C(=O)Oc1ccc(C(N)=S)cc1. The highest BCUT2D eigenvalue weighted by Crippen LogP contribution is 2.13. The smallest absolute Gasteiger partial charge is 0.339 e. The quantitative estimate of drug-likeness (QED) is 0.0580. The number of hydrogen-bond donors (Lipinski definition) is 5. The predicted octanol–water partition coefficient (Wildman–Crippen LogP) is -0.361. The second-order valence-corrected chi connectivity index (χ2v) is 5.17. The number of esters is 1. The number of hydrazine groups is 1. The molecule has 0 saturated heterocycles. The number of hydrogen-bond acceptors (Lipinski definition) is 6. The summed E-state index contributed by atoms with van der Waals surface area (Å²) in [6, 6.07) is 5.01. The van der Waals surface area contributed by atoms with E-state index >= 15 is 0 Å². The molecule has 0 radical (unpaired) electrons. The first-order valence-corrected chi connectivity index (χ1v) is 7.30. The van der Waals surface area contributed by atoms with Crippen molar-refractivity contribution in [2.45, 2.75) is 18.9 Å². The number of carbonyl (C=O) groups is 1. The molecule has 7 N–H and O–H groups in total. The van der Waals surface area contributed by atoms with Gasteiger partial charge in [0.2, 0.25) is 0 Å². The van der Waals surface area contributed by atoms with Gasteiger partial charge >= 0.3 is 5.97 Å². The lowest BCUT2D eigenvalue weighted by Crippen LogP contribution is -2.43. The maximum atomic E-state index is 12.1. The van der Waals surface area contributed by atoms with Gasteiger partial charge in [-0.15, -0.1) is 5.43 Å². The van der Waals surface area contributed by atoms with E-state index in [9.17, 15) is 14.9 Å². The van der Waals surface area contributed by atoms with Crippen LogP contribution in [0, 0.1) is 15.5 Å². The lowest BCUT2D eigenvalue weighted by molar-refractivity contribution is -0.548. The summed E-state index contributed by atoms with van der Waals surface area (Å²) >= 11 is 4.81. The molecule has 0 fully saturated rings. The molecule has 0 bridgehead atoms. The van der Waals surface area contributed by atoms with Gasteiger partial charge in [-0.2, -0.15) is 0 Å². The van der Waals surface area contributed by atoms with Crippen LogP contribution in [0.2, 0.25) is 0 Å². The van der Waals surface area contributed by atoms with Gasteiger partial charge in [-0.3, -0.25) is 5.41 Å². The van der Waals surface area contributed by atoms with Crippen LogP contribution in [0.15, 0.2) is 24.3 Å². The molecule has 130 valence electrons. The van der Waals surface area contributed by atoms with Gasteiger partial charge in [0, 0.05) is 12.1 Å². The van der Waals surface area contributed by atoms with Crippen molar-refractivity contribution in [3.63, 3.8) is 0 Å². The molecule has 0 aliphatic carbocycles. The van der Waals surface area contributed by atoms with Crippen LogP contribution in [0.3, 0.4) is 0 Å². The van der Waals surface area contributed by atoms with Crippen molar-refractivity contribution in [3.8, 4) is 5.75 Å². The molecule has 1 aromatic carbocycles. The third-order valence-corrected chi connectivity index (χ3v) is 3.12. The number of thiocarbonyl (C=S) groups is 1. The van der Waals surface area contributed by atoms with Gasteiger partial charge in [-0.25, -0.2) is 14.9 Å². The molecule has 0 aromatic heterocycles. The Balaban J connectivity index is 2.64. The van der Waals surface area contributed by atoms with Gasteiger partial charge in [-0.1, -0.05) is 12.2 Å². The van der Waals surface area contributed by atoms with E-state index in [4.69, 9.17) is 33.8 Å². The summed E-state index contributed by atoms with van der Waals surface area (Å²) < 4.78 is 5.11. The first-order chi connectivity index (χ1) is 11.3. The van der Waals surface area contributed by atoms with Crippen LogP contribution < -0.4 is 26.9 Å². The van der Waals surface area contributed by atoms with Crippen LogP contribution in [0.25, 0.3) is 0 Å². The summed E-state index contributed by atoms with van der Waals surface area (Å²) in [5.74, 6) is -0.788. The normalized spacial score (nSPS) is 11.2. The number of nitrogens with two attached hydrogens (primary N) is 2. The van der Waals surface area contributed by atoms with Crippen LogP contribution >= 0.6 is 12.2 Å². The third kappa shape index (κ3) is 6.87. The van der Waals surface area contributed by atoms with E-state index in [0.717, 1.165) is 0 Å². The summed E-state index contributed by atoms with van der Waals surface area (Å²) in [5.41, 5.74) is 13.1. The fourth-order valence-corrected chi connectivity index (χ4v) is 1.90. The average molecular weight is 354 g/mol. The largest absolute Gasteiger partial charge is 0.425 e. The molecule has 1 aromatic rings. The standard InChI is InChI=1S/C13H18N6O4S/c14-11(24)8-3-5-9(6-4-8)23-12(20)10(18-19(21)22)2-1-7-17-13(15)16/h3-6,10,18H,1-2,7H2,(H2,14,24)(H4,15,16,17)/t10-/m0/s1. The zero-order valence-corrected chi connectivity index (χ0v) is 13.5. The lowest BCUT2D eigenvalue weighted by Gasteiger charge is -2.13. The van der Waals surface area contributed by atoms with E-state index < -0.39 is 17.0 Å². The third-order valence-electron chi connectivity index (χ3n) is 2.89. The number of nitro groups is 1. The Kier molecular flexibility index (Phi) is 7.36. The van der Waals surface area contributed by atoms with Crippen molar-refractivity contribution in [1.82, 2.24) is 10.7 Å². The van der Waals surface area contributed by atoms with E-state index in [1.54, 1.807) is 12.1 Å². The van der Waals surface area contributed by atoms with Crippen LogP contribution in [0.5, 0.6) is 5.75 Å². The van der Waals surface area contributed by atoms with Crippen molar-refractivity contribution in [2.75, 3.05) is 6.54 Å². The minimum absolute atomic E-state index is 0.130. The fraction of sp³-hybridized carbons (Fsp3) is 0.308.